The maximum absolute atomic E-state index is 10.9. The van der Waals surface area contributed by atoms with Crippen LogP contribution in [0.15, 0.2) is 0 Å². The first-order valence-corrected chi connectivity index (χ1v) is 7.99. The number of aliphatic hydroxyl groups is 2. The third-order valence-corrected chi connectivity index (χ3v) is 3.97. The van der Waals surface area contributed by atoms with Gasteiger partial charge in [-0.1, -0.05) is 64.7 Å². The summed E-state index contributed by atoms with van der Waals surface area (Å²) in [6, 6.07) is 0. The highest BCUT2D eigenvalue weighted by molar-refractivity contribution is 4.77. The minimum atomic E-state index is -1.54. The van der Waals surface area contributed by atoms with Crippen LogP contribution in [0.3, 0.4) is 0 Å². The zero-order chi connectivity index (χ0) is 15.3. The topological polar surface area (TPSA) is 83.6 Å². The second-order valence-corrected chi connectivity index (χ2v) is 5.73. The molecule has 0 amide bonds. The lowest BCUT2D eigenvalue weighted by Gasteiger charge is -2.20. The van der Waals surface area contributed by atoms with Crippen molar-refractivity contribution in [2.45, 2.75) is 83.1 Å². The molecule has 0 heterocycles. The van der Waals surface area contributed by atoms with Gasteiger partial charge in [0.05, 0.1) is 0 Å². The largest absolute Gasteiger partial charge is 0.389 e. The molecule has 0 aliphatic carbocycles. The number of aliphatic hydroxyl groups excluding tert-OH is 2. The summed E-state index contributed by atoms with van der Waals surface area (Å²) >= 11 is 0. The van der Waals surface area contributed by atoms with Gasteiger partial charge >= 0.3 is 0 Å². The van der Waals surface area contributed by atoms with Crippen molar-refractivity contribution < 1.29 is 15.1 Å². The predicted octanol–water partition coefficient (Wildman–Crippen LogP) is 3.30. The van der Waals surface area contributed by atoms with Crippen LogP contribution in [0.5, 0.6) is 0 Å². The van der Waals surface area contributed by atoms with Gasteiger partial charge in [-0.05, 0) is 6.42 Å². The fourth-order valence-corrected chi connectivity index (χ4v) is 2.36. The van der Waals surface area contributed by atoms with E-state index in [-0.39, 0.29) is 6.42 Å². The molecule has 0 atom stereocenters. The van der Waals surface area contributed by atoms with Crippen molar-refractivity contribution in [2.75, 3.05) is 13.2 Å². The van der Waals surface area contributed by atoms with Crippen LogP contribution in [-0.2, 0) is 0 Å². The lowest BCUT2D eigenvalue weighted by atomic mass is 9.94. The molecule has 0 aromatic heterocycles. The summed E-state index contributed by atoms with van der Waals surface area (Å²) in [4.78, 5) is 10.3. The third-order valence-electron chi connectivity index (χ3n) is 3.97. The second kappa shape index (κ2) is 12.1. The molecule has 0 radical (unpaired) electrons. The van der Waals surface area contributed by atoms with Crippen molar-refractivity contribution >= 4 is 0 Å². The van der Waals surface area contributed by atoms with Gasteiger partial charge in [-0.3, -0.25) is 10.1 Å². The van der Waals surface area contributed by atoms with E-state index in [1.807, 2.05) is 0 Å². The third kappa shape index (κ3) is 7.80. The highest BCUT2D eigenvalue weighted by Crippen LogP contribution is 2.19. The SMILES string of the molecule is CCCCCCCCCCCCC(CO)(CO)[N+](=O)[O-]. The predicted molar refractivity (Wildman–Crippen MR) is 80.4 cm³/mol. The van der Waals surface area contributed by atoms with Crippen LogP contribution < -0.4 is 0 Å². The van der Waals surface area contributed by atoms with Gasteiger partial charge in [-0.15, -0.1) is 0 Å². The van der Waals surface area contributed by atoms with E-state index in [9.17, 15) is 10.1 Å². The molecule has 0 saturated carbocycles. The highest BCUT2D eigenvalue weighted by atomic mass is 16.6. The van der Waals surface area contributed by atoms with E-state index in [0.717, 1.165) is 12.8 Å². The fourth-order valence-electron chi connectivity index (χ4n) is 2.36. The Hall–Kier alpha value is -0.680. The van der Waals surface area contributed by atoms with Gasteiger partial charge in [0, 0.05) is 11.3 Å². The van der Waals surface area contributed by atoms with E-state index in [1.54, 1.807) is 0 Å². The van der Waals surface area contributed by atoms with Crippen LogP contribution in [0, 0.1) is 10.1 Å². The summed E-state index contributed by atoms with van der Waals surface area (Å²) in [6.07, 6.45) is 11.9. The normalized spacial score (nSPS) is 11.8. The molecule has 0 aliphatic rings. The van der Waals surface area contributed by atoms with Gasteiger partial charge in [0.15, 0.2) is 0 Å². The van der Waals surface area contributed by atoms with E-state index in [1.165, 1.54) is 44.9 Å². The molecule has 0 saturated heterocycles. The first-order chi connectivity index (χ1) is 9.63. The maximum Gasteiger partial charge on any atom is 0.267 e. The Morgan fingerprint density at radius 3 is 1.60 bits per heavy atom. The molecule has 20 heavy (non-hydrogen) atoms. The molecule has 5 nitrogen and oxygen atoms in total. The first kappa shape index (κ1) is 19.3. The van der Waals surface area contributed by atoms with Crippen LogP contribution in [0.2, 0.25) is 0 Å². The van der Waals surface area contributed by atoms with Crippen molar-refractivity contribution in [1.82, 2.24) is 0 Å². The lowest BCUT2D eigenvalue weighted by molar-refractivity contribution is -0.578. The molecule has 5 heteroatoms. The van der Waals surface area contributed by atoms with Gasteiger partial charge in [0.25, 0.3) is 5.54 Å². The van der Waals surface area contributed by atoms with E-state index in [2.05, 4.69) is 6.92 Å². The van der Waals surface area contributed by atoms with E-state index in [4.69, 9.17) is 10.2 Å². The average Bonchev–Trinajstić information content (AvgIpc) is 2.45. The standard InChI is InChI=1S/C15H31NO4/c1-2-3-4-5-6-7-8-9-10-11-12-15(13-17,14-18)16(19)20/h17-18H,2-14H2,1H3. The quantitative estimate of drug-likeness (QED) is 0.292. The molecule has 2 N–H and O–H groups in total. The van der Waals surface area contributed by atoms with Crippen LogP contribution in [0.25, 0.3) is 0 Å². The van der Waals surface area contributed by atoms with Gasteiger partial charge in [0.2, 0.25) is 0 Å². The summed E-state index contributed by atoms with van der Waals surface area (Å²) in [6.45, 7) is 1.03. The van der Waals surface area contributed by atoms with Crippen LogP contribution in [-0.4, -0.2) is 33.9 Å². The Labute approximate surface area is 122 Å². The van der Waals surface area contributed by atoms with E-state index < -0.39 is 23.7 Å². The smallest absolute Gasteiger partial charge is 0.267 e. The molecule has 0 aromatic carbocycles. The molecular formula is C15H31NO4. The fraction of sp³-hybridized carbons (Fsp3) is 1.00. The molecule has 120 valence electrons. The van der Waals surface area contributed by atoms with Gasteiger partial charge in [-0.2, -0.15) is 0 Å². The van der Waals surface area contributed by atoms with Crippen LogP contribution >= 0.6 is 0 Å². The lowest BCUT2D eigenvalue weighted by Crippen LogP contribution is -2.45. The van der Waals surface area contributed by atoms with Gasteiger partial charge in [0.1, 0.15) is 13.2 Å². The minimum absolute atomic E-state index is 0.253. The van der Waals surface area contributed by atoms with Gasteiger partial charge < -0.3 is 10.2 Å². The van der Waals surface area contributed by atoms with Crippen molar-refractivity contribution in [3.05, 3.63) is 10.1 Å². The number of nitrogens with zero attached hydrogens (tertiary/aromatic N) is 1. The number of hydrogen-bond donors (Lipinski definition) is 2. The Kier molecular flexibility index (Phi) is 11.7. The van der Waals surface area contributed by atoms with E-state index >= 15 is 0 Å². The zero-order valence-corrected chi connectivity index (χ0v) is 12.9. The Bertz CT molecular complexity index is 242. The van der Waals surface area contributed by atoms with Crippen molar-refractivity contribution in [3.63, 3.8) is 0 Å². The van der Waals surface area contributed by atoms with E-state index in [0.29, 0.717) is 6.42 Å². The molecule has 0 unspecified atom stereocenters. The molecule has 0 spiro atoms. The second-order valence-electron chi connectivity index (χ2n) is 5.73. The summed E-state index contributed by atoms with van der Waals surface area (Å²) in [5.41, 5.74) is -1.54. The van der Waals surface area contributed by atoms with Crippen LogP contribution in [0.4, 0.5) is 0 Å². The van der Waals surface area contributed by atoms with Crippen molar-refractivity contribution in [3.8, 4) is 0 Å². The Morgan fingerprint density at radius 1 is 0.850 bits per heavy atom. The first-order valence-electron chi connectivity index (χ1n) is 7.99. The molecule has 0 aliphatic heterocycles. The summed E-state index contributed by atoms with van der Waals surface area (Å²) < 4.78 is 0. The molecule has 0 fully saturated rings. The highest BCUT2D eigenvalue weighted by Gasteiger charge is 2.40. The number of nitro groups is 1. The Balaban J connectivity index is 3.53. The summed E-state index contributed by atoms with van der Waals surface area (Å²) in [5, 5.41) is 29.0. The summed E-state index contributed by atoms with van der Waals surface area (Å²) in [5.74, 6) is 0. The number of unbranched alkanes of at least 4 members (excludes halogenated alkanes) is 9. The summed E-state index contributed by atoms with van der Waals surface area (Å²) in [7, 11) is 0. The molecule has 0 rings (SSSR count). The molecular weight excluding hydrogens is 258 g/mol. The van der Waals surface area contributed by atoms with Crippen LogP contribution in [0.1, 0.15) is 77.6 Å². The van der Waals surface area contributed by atoms with Gasteiger partial charge in [-0.25, -0.2) is 0 Å². The van der Waals surface area contributed by atoms with Crippen molar-refractivity contribution in [2.24, 2.45) is 0 Å². The molecule has 0 aromatic rings. The monoisotopic (exact) mass is 289 g/mol. The number of hydrogen-bond acceptors (Lipinski definition) is 4. The number of rotatable bonds is 14. The Morgan fingerprint density at radius 2 is 1.25 bits per heavy atom. The minimum Gasteiger partial charge on any atom is -0.389 e. The maximum atomic E-state index is 10.9. The zero-order valence-electron chi connectivity index (χ0n) is 12.9. The van der Waals surface area contributed by atoms with Crippen molar-refractivity contribution in [1.29, 1.82) is 0 Å². The average molecular weight is 289 g/mol. The molecule has 0 bridgehead atoms.